The molecule has 0 atom stereocenters. The number of hydrogen-bond acceptors (Lipinski definition) is 4. The van der Waals surface area contributed by atoms with E-state index in [0.717, 1.165) is 37.6 Å². The summed E-state index contributed by atoms with van der Waals surface area (Å²) >= 11 is 1.87. The zero-order chi connectivity index (χ0) is 17.9. The van der Waals surface area contributed by atoms with E-state index < -0.39 is 0 Å². The minimum Gasteiger partial charge on any atom is -0.378 e. The number of anilines is 1. The molecule has 1 aromatic carbocycles. The smallest absolute Gasteiger partial charge is 0.191 e. The maximum absolute atomic E-state index is 14.4. The second kappa shape index (κ2) is 11.2. The molecule has 0 unspecified atom stereocenters. The lowest BCUT2D eigenvalue weighted by atomic mass is 10.1. The molecule has 1 aliphatic rings. The van der Waals surface area contributed by atoms with Crippen LogP contribution in [0.3, 0.4) is 0 Å². The van der Waals surface area contributed by atoms with Crippen LogP contribution in [0.4, 0.5) is 10.1 Å². The summed E-state index contributed by atoms with van der Waals surface area (Å²) in [5.41, 5.74) is 1.56. The van der Waals surface area contributed by atoms with Gasteiger partial charge >= 0.3 is 0 Å². The third-order valence-electron chi connectivity index (χ3n) is 4.12. The van der Waals surface area contributed by atoms with Crippen LogP contribution < -0.4 is 15.5 Å². The summed E-state index contributed by atoms with van der Waals surface area (Å²) in [6, 6.07) is 5.42. The summed E-state index contributed by atoms with van der Waals surface area (Å²) in [5, 5.41) is 6.53. The normalized spacial score (nSPS) is 15.3. The fourth-order valence-corrected chi connectivity index (χ4v) is 3.20. The molecule has 25 heavy (non-hydrogen) atoms. The van der Waals surface area contributed by atoms with Crippen LogP contribution >= 0.6 is 11.8 Å². The molecule has 0 aliphatic carbocycles. The van der Waals surface area contributed by atoms with Crippen molar-refractivity contribution in [3.05, 3.63) is 29.6 Å². The summed E-state index contributed by atoms with van der Waals surface area (Å²) in [5.74, 6) is 1.76. The van der Waals surface area contributed by atoms with Crippen LogP contribution in [0.25, 0.3) is 0 Å². The SMILES string of the molecule is CN=C(NCCCCSC)NCc1ccc(N2CCOCC2)c(F)c1. The van der Waals surface area contributed by atoms with Crippen molar-refractivity contribution < 1.29 is 9.13 Å². The van der Waals surface area contributed by atoms with Crippen LogP contribution in [0.15, 0.2) is 23.2 Å². The minimum atomic E-state index is -0.179. The van der Waals surface area contributed by atoms with Crippen molar-refractivity contribution in [1.29, 1.82) is 0 Å². The highest BCUT2D eigenvalue weighted by molar-refractivity contribution is 7.98. The Hall–Kier alpha value is -1.47. The molecule has 0 bridgehead atoms. The maximum atomic E-state index is 14.4. The van der Waals surface area contributed by atoms with Gasteiger partial charge in [-0.05, 0) is 42.5 Å². The average molecular weight is 369 g/mol. The van der Waals surface area contributed by atoms with Crippen LogP contribution in [-0.2, 0) is 11.3 Å². The van der Waals surface area contributed by atoms with Crippen LogP contribution in [0.2, 0.25) is 0 Å². The van der Waals surface area contributed by atoms with Crippen molar-refractivity contribution in [2.75, 3.05) is 56.8 Å². The second-order valence-corrected chi connectivity index (χ2v) is 6.92. The number of guanidine groups is 1. The van der Waals surface area contributed by atoms with Gasteiger partial charge in [-0.25, -0.2) is 4.39 Å². The summed E-state index contributed by atoms with van der Waals surface area (Å²) in [6.07, 6.45) is 4.43. The summed E-state index contributed by atoms with van der Waals surface area (Å²) < 4.78 is 19.7. The third-order valence-corrected chi connectivity index (χ3v) is 4.81. The van der Waals surface area contributed by atoms with Crippen molar-refractivity contribution in [2.24, 2.45) is 4.99 Å². The molecule has 1 fully saturated rings. The highest BCUT2D eigenvalue weighted by Gasteiger charge is 2.15. The molecule has 0 saturated carbocycles. The van der Waals surface area contributed by atoms with E-state index in [-0.39, 0.29) is 5.82 Å². The lowest BCUT2D eigenvalue weighted by Crippen LogP contribution is -2.37. The minimum absolute atomic E-state index is 0.179. The molecule has 2 rings (SSSR count). The van der Waals surface area contributed by atoms with E-state index in [1.165, 1.54) is 12.2 Å². The van der Waals surface area contributed by atoms with E-state index in [1.54, 1.807) is 13.1 Å². The fraction of sp³-hybridized carbons (Fsp3) is 0.611. The molecule has 0 amide bonds. The van der Waals surface area contributed by atoms with E-state index >= 15 is 0 Å². The number of nitrogens with zero attached hydrogens (tertiary/aromatic N) is 2. The van der Waals surface area contributed by atoms with Crippen LogP contribution in [0.1, 0.15) is 18.4 Å². The molecular weight excluding hydrogens is 339 g/mol. The largest absolute Gasteiger partial charge is 0.378 e. The van der Waals surface area contributed by atoms with Gasteiger partial charge in [-0.1, -0.05) is 6.07 Å². The molecule has 1 heterocycles. The first-order valence-electron chi connectivity index (χ1n) is 8.79. The molecule has 7 heteroatoms. The predicted octanol–water partition coefficient (Wildman–Crippen LogP) is 2.47. The van der Waals surface area contributed by atoms with Crippen LogP contribution in [-0.4, -0.2) is 57.9 Å². The zero-order valence-corrected chi connectivity index (χ0v) is 16.0. The summed E-state index contributed by atoms with van der Waals surface area (Å²) in [6.45, 7) is 4.22. The monoisotopic (exact) mass is 368 g/mol. The first kappa shape index (κ1) is 19.8. The van der Waals surface area contributed by atoms with Gasteiger partial charge < -0.3 is 20.3 Å². The van der Waals surface area contributed by atoms with Gasteiger partial charge in [-0.3, -0.25) is 4.99 Å². The van der Waals surface area contributed by atoms with E-state index in [0.29, 0.717) is 25.4 Å². The molecule has 0 spiro atoms. The molecule has 2 N–H and O–H groups in total. The average Bonchev–Trinajstić information content (AvgIpc) is 2.65. The van der Waals surface area contributed by atoms with Gasteiger partial charge in [0.2, 0.25) is 0 Å². The number of hydrogen-bond donors (Lipinski definition) is 2. The molecule has 1 saturated heterocycles. The number of rotatable bonds is 8. The highest BCUT2D eigenvalue weighted by atomic mass is 32.2. The molecule has 0 aromatic heterocycles. The Labute approximate surface area is 154 Å². The quantitative estimate of drug-likeness (QED) is 0.419. The molecule has 1 aromatic rings. The standard InChI is InChI=1S/C18H29FN4OS/c1-20-18(21-7-3-4-12-25-2)22-14-15-5-6-17(16(19)13-15)23-8-10-24-11-9-23/h5-6,13H,3-4,7-12,14H2,1-2H3,(H2,20,21,22). The van der Waals surface area contributed by atoms with E-state index in [2.05, 4.69) is 21.9 Å². The topological polar surface area (TPSA) is 48.9 Å². The second-order valence-electron chi connectivity index (χ2n) is 5.94. The Morgan fingerprint density at radius 1 is 1.28 bits per heavy atom. The van der Waals surface area contributed by atoms with Crippen molar-refractivity contribution in [1.82, 2.24) is 10.6 Å². The number of morpholine rings is 1. The number of unbranched alkanes of at least 4 members (excludes halogenated alkanes) is 1. The summed E-state index contributed by atoms with van der Waals surface area (Å²) in [7, 11) is 1.75. The van der Waals surface area contributed by atoms with Gasteiger partial charge in [-0.2, -0.15) is 11.8 Å². The zero-order valence-electron chi connectivity index (χ0n) is 15.2. The first-order valence-corrected chi connectivity index (χ1v) is 10.2. The van der Waals surface area contributed by atoms with Crippen molar-refractivity contribution in [2.45, 2.75) is 19.4 Å². The van der Waals surface area contributed by atoms with E-state index in [9.17, 15) is 4.39 Å². The van der Waals surface area contributed by atoms with Gasteiger partial charge in [0.15, 0.2) is 5.96 Å². The van der Waals surface area contributed by atoms with E-state index in [1.807, 2.05) is 28.8 Å². The Balaban J connectivity index is 1.80. The molecule has 1 aliphatic heterocycles. The van der Waals surface area contributed by atoms with Crippen molar-refractivity contribution in [3.8, 4) is 0 Å². The first-order chi connectivity index (χ1) is 12.2. The maximum Gasteiger partial charge on any atom is 0.191 e. The number of aliphatic imine (C=N–C) groups is 1. The van der Waals surface area contributed by atoms with Gasteiger partial charge in [-0.15, -0.1) is 0 Å². The van der Waals surface area contributed by atoms with Crippen molar-refractivity contribution >= 4 is 23.4 Å². The van der Waals surface area contributed by atoms with Gasteiger partial charge in [0.05, 0.1) is 18.9 Å². The lowest BCUT2D eigenvalue weighted by molar-refractivity contribution is 0.122. The lowest BCUT2D eigenvalue weighted by Gasteiger charge is -2.29. The van der Waals surface area contributed by atoms with Crippen LogP contribution in [0.5, 0.6) is 0 Å². The molecule has 0 radical (unpaired) electrons. The van der Waals surface area contributed by atoms with Gasteiger partial charge in [0.25, 0.3) is 0 Å². The number of ether oxygens (including phenoxy) is 1. The van der Waals surface area contributed by atoms with E-state index in [4.69, 9.17) is 4.74 Å². The molecule has 140 valence electrons. The van der Waals surface area contributed by atoms with Gasteiger partial charge in [0, 0.05) is 33.2 Å². The summed E-state index contributed by atoms with van der Waals surface area (Å²) in [4.78, 5) is 6.24. The number of thioether (sulfide) groups is 1. The number of nitrogens with one attached hydrogen (secondary N) is 2. The predicted molar refractivity (Wildman–Crippen MR) is 105 cm³/mol. The fourth-order valence-electron chi connectivity index (χ4n) is 2.71. The van der Waals surface area contributed by atoms with Crippen molar-refractivity contribution in [3.63, 3.8) is 0 Å². The Morgan fingerprint density at radius 3 is 2.76 bits per heavy atom. The molecular formula is C18H29FN4OS. The Bertz CT molecular complexity index is 550. The number of halogens is 1. The highest BCUT2D eigenvalue weighted by Crippen LogP contribution is 2.21. The molecule has 5 nitrogen and oxygen atoms in total. The number of benzene rings is 1. The Morgan fingerprint density at radius 2 is 2.08 bits per heavy atom. The van der Waals surface area contributed by atoms with Crippen LogP contribution in [0, 0.1) is 5.82 Å². The third kappa shape index (κ3) is 6.74. The Kier molecular flexibility index (Phi) is 8.90. The van der Waals surface area contributed by atoms with Gasteiger partial charge in [0.1, 0.15) is 5.82 Å².